The number of carbonyl (C=O) groups excluding carboxylic acids is 2. The van der Waals surface area contributed by atoms with E-state index < -0.39 is 38.0 Å². The van der Waals surface area contributed by atoms with E-state index in [1.165, 1.54) is 13.8 Å². The van der Waals surface area contributed by atoms with Gasteiger partial charge in [0.25, 0.3) is 8.01 Å². The van der Waals surface area contributed by atoms with Crippen molar-refractivity contribution in [3.63, 3.8) is 0 Å². The lowest BCUT2D eigenvalue weighted by atomic mass is 10.0. The van der Waals surface area contributed by atoms with Gasteiger partial charge in [0.2, 0.25) is 6.29 Å². The number of esters is 2. The Labute approximate surface area is 153 Å². The van der Waals surface area contributed by atoms with E-state index in [1.807, 2.05) is 0 Å². The van der Waals surface area contributed by atoms with Crippen LogP contribution in [0.15, 0.2) is 0 Å². The highest BCUT2D eigenvalue weighted by atomic mass is 28.3. The van der Waals surface area contributed by atoms with E-state index in [1.54, 1.807) is 0 Å². The van der Waals surface area contributed by atoms with Crippen LogP contribution < -0.4 is 0 Å². The fourth-order valence-corrected chi connectivity index (χ4v) is 5.50. The fourth-order valence-electron chi connectivity index (χ4n) is 2.98. The molecule has 0 amide bonds. The molecule has 0 bridgehead atoms. The van der Waals surface area contributed by atoms with Crippen LogP contribution in [0.5, 0.6) is 0 Å². The van der Waals surface area contributed by atoms with Crippen molar-refractivity contribution in [1.82, 2.24) is 0 Å². The molecule has 6 nitrogen and oxygen atoms in total. The molecule has 1 saturated heterocycles. The predicted molar refractivity (Wildman–Crippen MR) is 99.0 cm³/mol. The molecule has 1 rings (SSSR count). The van der Waals surface area contributed by atoms with Crippen molar-refractivity contribution in [3.05, 3.63) is 0 Å². The van der Waals surface area contributed by atoms with Crippen LogP contribution in [-0.4, -0.2) is 54.0 Å². The third-order valence-corrected chi connectivity index (χ3v) is 9.41. The normalized spacial score (nSPS) is 26.2. The third-order valence-electron chi connectivity index (χ3n) is 4.70. The van der Waals surface area contributed by atoms with Crippen LogP contribution in [-0.2, 0) is 28.5 Å². The molecule has 140 valence electrons. The predicted octanol–water partition coefficient (Wildman–Crippen LogP) is 1.58. The number of hydrogen-bond donors (Lipinski definition) is 0. The first-order valence-corrected chi connectivity index (χ1v) is 11.3. The Morgan fingerprint density at radius 3 is 2.32 bits per heavy atom. The van der Waals surface area contributed by atoms with Crippen molar-refractivity contribution in [2.24, 2.45) is 0 Å². The molecule has 0 saturated carbocycles. The molecule has 1 heterocycles. The maximum absolute atomic E-state index is 11.4. The van der Waals surface area contributed by atoms with Gasteiger partial charge in [-0.2, -0.15) is 0 Å². The molecular weight excluding hydrogens is 339 g/mol. The van der Waals surface area contributed by atoms with Crippen LogP contribution in [0.1, 0.15) is 41.0 Å². The number of hydrogen-bond acceptors (Lipinski definition) is 6. The molecule has 0 N–H and O–H groups in total. The Balaban J connectivity index is 3.18. The van der Waals surface area contributed by atoms with E-state index in [4.69, 9.17) is 20.2 Å². The van der Waals surface area contributed by atoms with E-state index in [0.29, 0.717) is 0 Å². The zero-order valence-electron chi connectivity index (χ0n) is 16.8. The van der Waals surface area contributed by atoms with Gasteiger partial charge in [0.15, 0.2) is 11.7 Å². The summed E-state index contributed by atoms with van der Waals surface area (Å²) in [6.45, 7) is 9.07. The van der Waals surface area contributed by atoms with Gasteiger partial charge in [-0.3, -0.25) is 9.59 Å². The molecule has 2 unspecified atom stereocenters. The molecule has 3 atom stereocenters. The minimum absolute atomic E-state index is 0.0562. The lowest BCUT2D eigenvalue weighted by Gasteiger charge is -2.25. The Hall–Kier alpha value is -1.30. The third kappa shape index (κ3) is 5.87. The van der Waals surface area contributed by atoms with E-state index in [2.05, 4.69) is 32.2 Å². The average molecular weight is 370 g/mol. The molecule has 1 aliphatic rings. The maximum atomic E-state index is 11.4. The van der Waals surface area contributed by atoms with Gasteiger partial charge >= 0.3 is 11.9 Å². The van der Waals surface area contributed by atoms with Crippen LogP contribution >= 0.6 is 0 Å². The van der Waals surface area contributed by atoms with Gasteiger partial charge in [0.05, 0.1) is 6.61 Å². The van der Waals surface area contributed by atoms with Gasteiger partial charge in [-0.05, 0) is 18.1 Å². The molecule has 0 aromatic carbocycles. The van der Waals surface area contributed by atoms with Crippen molar-refractivity contribution in [1.29, 1.82) is 1.34 Å². The van der Waals surface area contributed by atoms with Crippen LogP contribution in [0.3, 0.4) is 0 Å². The van der Waals surface area contributed by atoms with Gasteiger partial charge in [-0.1, -0.05) is 26.7 Å². The van der Waals surface area contributed by atoms with Crippen molar-refractivity contribution >= 4 is 28.0 Å². The summed E-state index contributed by atoms with van der Waals surface area (Å²) in [5.74, 6) is 2.21. The summed E-state index contributed by atoms with van der Waals surface area (Å²) in [6, 6.07) is 3.09. The Kier molecular flexibility index (Phi) is 7.54. The SMILES string of the molecule is [3H]BOC[C@]1(C#C[Si](CC)(CC)CC)CC(OC(C)=O)C(OC(C)=O)O1. The summed E-state index contributed by atoms with van der Waals surface area (Å²) in [4.78, 5) is 22.8. The van der Waals surface area contributed by atoms with Crippen molar-refractivity contribution < 1.29 is 28.5 Å². The van der Waals surface area contributed by atoms with Gasteiger partial charge < -0.3 is 18.9 Å². The Morgan fingerprint density at radius 2 is 1.84 bits per heavy atom. The highest BCUT2D eigenvalue weighted by Crippen LogP contribution is 2.34. The molecule has 0 aromatic heterocycles. The number of carbonyl (C=O) groups is 2. The first-order valence-electron chi connectivity index (χ1n) is 9.39. The summed E-state index contributed by atoms with van der Waals surface area (Å²) in [7, 11) is -1.97. The average Bonchev–Trinajstić information content (AvgIpc) is 2.91. The lowest BCUT2D eigenvalue weighted by Crippen LogP contribution is -2.36. The lowest BCUT2D eigenvalue weighted by molar-refractivity contribution is -0.200. The molecule has 25 heavy (non-hydrogen) atoms. The van der Waals surface area contributed by atoms with Gasteiger partial charge in [-0.25, -0.2) is 0 Å². The second-order valence-electron chi connectivity index (χ2n) is 6.38. The monoisotopic (exact) mass is 370 g/mol. The molecular formula is C17H29BO6Si. The Bertz CT molecular complexity index is 525. The smallest absolute Gasteiger partial charge is 0.305 e. The van der Waals surface area contributed by atoms with E-state index in [-0.39, 0.29) is 21.0 Å². The molecule has 8 heteroatoms. The molecule has 0 aliphatic carbocycles. The van der Waals surface area contributed by atoms with Gasteiger partial charge in [0, 0.05) is 21.6 Å². The summed E-state index contributed by atoms with van der Waals surface area (Å²) < 4.78 is 28.9. The van der Waals surface area contributed by atoms with Crippen molar-refractivity contribution in [3.8, 4) is 11.5 Å². The topological polar surface area (TPSA) is 71.1 Å². The highest BCUT2D eigenvalue weighted by Gasteiger charge is 2.49. The zero-order valence-corrected chi connectivity index (χ0v) is 16.8. The van der Waals surface area contributed by atoms with Crippen LogP contribution in [0.2, 0.25) is 18.1 Å². The van der Waals surface area contributed by atoms with Crippen LogP contribution in [0, 0.1) is 11.5 Å². The first kappa shape index (κ1) is 20.0. The highest BCUT2D eigenvalue weighted by molar-refractivity contribution is 6.87. The van der Waals surface area contributed by atoms with Crippen LogP contribution in [0.4, 0.5) is 0 Å². The summed E-state index contributed by atoms with van der Waals surface area (Å²) in [5, 5.41) is 0. The van der Waals surface area contributed by atoms with Gasteiger partial charge in [0.1, 0.15) is 8.07 Å². The molecule has 1 aliphatic heterocycles. The second kappa shape index (κ2) is 9.41. The van der Waals surface area contributed by atoms with E-state index in [0.717, 1.165) is 18.1 Å². The molecule has 0 spiro atoms. The standard InChI is InChI=1S/C17H29BO6Si/c1-6-25(7-2,8-3)10-9-17(12-21-18)11-15(22-13(4)19)16(24-17)23-14(5)20/h15-16H,6-8,11-12,18H2,1-5H3/t15?,16?,17-/m0/s1/i18T. The Morgan fingerprint density at radius 1 is 1.24 bits per heavy atom. The molecule has 0 radical (unpaired) electrons. The first-order chi connectivity index (χ1) is 12.2. The quantitative estimate of drug-likeness (QED) is 0.367. The van der Waals surface area contributed by atoms with Crippen LogP contribution in [0.25, 0.3) is 0 Å². The van der Waals surface area contributed by atoms with Crippen molar-refractivity contribution in [2.45, 2.75) is 77.2 Å². The second-order valence-corrected chi connectivity index (χ2v) is 11.3. The summed E-state index contributed by atoms with van der Waals surface area (Å²) >= 11 is 0. The van der Waals surface area contributed by atoms with Crippen molar-refractivity contribution in [2.75, 3.05) is 6.61 Å². The number of rotatable bonds is 8. The molecule has 0 aromatic rings. The van der Waals surface area contributed by atoms with E-state index >= 15 is 0 Å². The fraction of sp³-hybridized carbons (Fsp3) is 0.765. The zero-order chi connectivity index (χ0) is 19.8. The largest absolute Gasteiger partial charge is 0.456 e. The summed E-state index contributed by atoms with van der Waals surface area (Å²) in [6.07, 6.45) is -1.54. The van der Waals surface area contributed by atoms with E-state index in [9.17, 15) is 9.59 Å². The molecule has 1 fully saturated rings. The summed E-state index contributed by atoms with van der Waals surface area (Å²) in [5.41, 5.74) is 2.41. The minimum atomic E-state index is -1.74. The van der Waals surface area contributed by atoms with Gasteiger partial charge in [-0.15, -0.1) is 5.54 Å². The maximum Gasteiger partial charge on any atom is 0.305 e. The number of ether oxygens (including phenoxy) is 3. The minimum Gasteiger partial charge on any atom is -0.456 e.